The zero-order valence-corrected chi connectivity index (χ0v) is 16.6. The number of hydrogen-bond donors (Lipinski definition) is 1. The van der Waals surface area contributed by atoms with Gasteiger partial charge in [0.2, 0.25) is 11.8 Å². The number of alkyl halides is 1. The maximum atomic E-state index is 12.8. The van der Waals surface area contributed by atoms with Crippen LogP contribution in [0.5, 0.6) is 0 Å². The van der Waals surface area contributed by atoms with Gasteiger partial charge in [-0.15, -0.1) is 11.6 Å². The van der Waals surface area contributed by atoms with Crippen molar-refractivity contribution in [1.29, 1.82) is 0 Å². The summed E-state index contributed by atoms with van der Waals surface area (Å²) < 4.78 is 15.3. The van der Waals surface area contributed by atoms with E-state index in [0.717, 1.165) is 0 Å². The minimum atomic E-state index is -0.843. The van der Waals surface area contributed by atoms with Gasteiger partial charge >= 0.3 is 0 Å². The number of amides is 2. The summed E-state index contributed by atoms with van der Waals surface area (Å²) >= 11 is 6.36. The second-order valence-electron chi connectivity index (χ2n) is 5.90. The summed E-state index contributed by atoms with van der Waals surface area (Å²) in [7, 11) is 3.09. The van der Waals surface area contributed by atoms with Crippen molar-refractivity contribution in [2.75, 3.05) is 40.5 Å². The molecular weight excluding hydrogens is 386 g/mol. The highest BCUT2D eigenvalue weighted by atomic mass is 35.5. The van der Waals surface area contributed by atoms with Gasteiger partial charge in [0.05, 0.1) is 19.8 Å². The molecule has 0 saturated carbocycles. The Bertz CT molecular complexity index is 753. The van der Waals surface area contributed by atoms with E-state index in [1.165, 1.54) is 11.2 Å². The lowest BCUT2D eigenvalue weighted by Gasteiger charge is -2.23. The lowest BCUT2D eigenvalue weighted by molar-refractivity contribution is -0.132. The molecule has 28 heavy (non-hydrogen) atoms. The van der Waals surface area contributed by atoms with Crippen molar-refractivity contribution in [3.05, 3.63) is 53.7 Å². The van der Waals surface area contributed by atoms with Crippen molar-refractivity contribution in [2.45, 2.75) is 11.9 Å². The maximum absolute atomic E-state index is 12.8. The number of aromatic nitrogens is 1. The fraction of sp³-hybridized carbons (Fsp3) is 0.421. The molecule has 1 aromatic carbocycles. The maximum Gasteiger partial charge on any atom is 0.273 e. The van der Waals surface area contributed by atoms with Gasteiger partial charge in [0.25, 0.3) is 5.91 Å². The SMILES string of the molecule is COCCNC(=O)c1coc(CN(CCOC)C(=O)C(Cl)c2ccccc2)n1. The summed E-state index contributed by atoms with van der Waals surface area (Å²) in [5, 5.41) is 1.81. The number of carbonyl (C=O) groups is 2. The van der Waals surface area contributed by atoms with E-state index in [9.17, 15) is 9.59 Å². The summed E-state index contributed by atoms with van der Waals surface area (Å²) in [5.41, 5.74) is 0.831. The number of nitrogens with one attached hydrogen (secondary N) is 1. The molecule has 2 rings (SSSR count). The molecule has 0 radical (unpaired) electrons. The van der Waals surface area contributed by atoms with Crippen molar-refractivity contribution < 1.29 is 23.5 Å². The summed E-state index contributed by atoms with van der Waals surface area (Å²) in [6.45, 7) is 1.47. The van der Waals surface area contributed by atoms with Gasteiger partial charge in [0.15, 0.2) is 5.69 Å². The predicted molar refractivity (Wildman–Crippen MR) is 103 cm³/mol. The quantitative estimate of drug-likeness (QED) is 0.450. The van der Waals surface area contributed by atoms with Crippen LogP contribution in [0.4, 0.5) is 0 Å². The first kappa shape index (κ1) is 21.9. The fourth-order valence-electron chi connectivity index (χ4n) is 2.40. The molecule has 1 N–H and O–H groups in total. The summed E-state index contributed by atoms with van der Waals surface area (Å²) in [5.74, 6) is -0.436. The summed E-state index contributed by atoms with van der Waals surface area (Å²) in [4.78, 5) is 30.5. The highest BCUT2D eigenvalue weighted by Gasteiger charge is 2.25. The Morgan fingerprint density at radius 3 is 2.61 bits per heavy atom. The monoisotopic (exact) mass is 409 g/mol. The molecule has 0 bridgehead atoms. The molecule has 0 fully saturated rings. The van der Waals surface area contributed by atoms with Crippen molar-refractivity contribution in [3.8, 4) is 0 Å². The Balaban J connectivity index is 2.05. The lowest BCUT2D eigenvalue weighted by Crippen LogP contribution is -2.36. The molecule has 2 aromatic rings. The third-order valence-electron chi connectivity index (χ3n) is 3.89. The minimum Gasteiger partial charge on any atom is -0.446 e. The van der Waals surface area contributed by atoms with Crippen molar-refractivity contribution >= 4 is 23.4 Å². The molecule has 0 spiro atoms. The van der Waals surface area contributed by atoms with Gasteiger partial charge in [-0.3, -0.25) is 9.59 Å². The molecule has 0 aliphatic carbocycles. The number of methoxy groups -OCH3 is 2. The molecule has 0 aliphatic heterocycles. The number of benzene rings is 1. The van der Waals surface area contributed by atoms with E-state index in [2.05, 4.69) is 10.3 Å². The zero-order chi connectivity index (χ0) is 20.4. The fourth-order valence-corrected chi connectivity index (χ4v) is 2.69. The van der Waals surface area contributed by atoms with Crippen molar-refractivity contribution in [3.63, 3.8) is 0 Å². The van der Waals surface area contributed by atoms with E-state index in [4.69, 9.17) is 25.5 Å². The predicted octanol–water partition coefficient (Wildman–Crippen LogP) is 2.01. The summed E-state index contributed by atoms with van der Waals surface area (Å²) in [6, 6.07) is 9.07. The number of halogens is 1. The molecule has 1 atom stereocenters. The molecule has 1 aromatic heterocycles. The molecule has 1 unspecified atom stereocenters. The van der Waals surface area contributed by atoms with E-state index in [-0.39, 0.29) is 29.9 Å². The number of carbonyl (C=O) groups excluding carboxylic acids is 2. The lowest BCUT2D eigenvalue weighted by atomic mass is 10.1. The molecule has 152 valence electrons. The van der Waals surface area contributed by atoms with Crippen LogP contribution in [-0.4, -0.2) is 62.2 Å². The molecule has 1 heterocycles. The van der Waals surface area contributed by atoms with E-state index < -0.39 is 5.38 Å². The van der Waals surface area contributed by atoms with Crippen LogP contribution >= 0.6 is 11.6 Å². The number of ether oxygens (including phenoxy) is 2. The third kappa shape index (κ3) is 6.33. The van der Waals surface area contributed by atoms with E-state index in [1.807, 2.05) is 18.2 Å². The van der Waals surface area contributed by atoms with Gasteiger partial charge in [0.1, 0.15) is 11.6 Å². The number of oxazole rings is 1. The van der Waals surface area contributed by atoms with Gasteiger partial charge in [-0.25, -0.2) is 4.98 Å². The van der Waals surface area contributed by atoms with Crippen molar-refractivity contribution in [2.24, 2.45) is 0 Å². The number of rotatable bonds is 11. The second-order valence-corrected chi connectivity index (χ2v) is 6.34. The average Bonchev–Trinajstić information content (AvgIpc) is 3.19. The van der Waals surface area contributed by atoms with Crippen LogP contribution in [0.25, 0.3) is 0 Å². The molecule has 2 amide bonds. The molecule has 8 nitrogen and oxygen atoms in total. The van der Waals surface area contributed by atoms with Crippen LogP contribution in [0.15, 0.2) is 41.0 Å². The largest absolute Gasteiger partial charge is 0.446 e. The van der Waals surface area contributed by atoms with Crippen LogP contribution in [-0.2, 0) is 20.8 Å². The van der Waals surface area contributed by atoms with Gasteiger partial charge in [0, 0.05) is 27.3 Å². The molecular formula is C19H24ClN3O5. The minimum absolute atomic E-state index is 0.0730. The highest BCUT2D eigenvalue weighted by Crippen LogP contribution is 2.23. The van der Waals surface area contributed by atoms with Crippen LogP contribution in [0, 0.1) is 0 Å². The van der Waals surface area contributed by atoms with E-state index >= 15 is 0 Å². The normalized spacial score (nSPS) is 11.8. The van der Waals surface area contributed by atoms with Crippen LogP contribution in [0.1, 0.15) is 27.3 Å². The Kier molecular flexibility index (Phi) is 8.93. The molecule has 0 aliphatic rings. The van der Waals surface area contributed by atoms with Crippen molar-refractivity contribution in [1.82, 2.24) is 15.2 Å². The molecule has 9 heteroatoms. The topological polar surface area (TPSA) is 93.9 Å². The standard InChI is InChI=1S/C19H24ClN3O5/c1-26-10-8-21-18(24)15-13-28-16(22-15)12-23(9-11-27-2)19(25)17(20)14-6-4-3-5-7-14/h3-7,13,17H,8-12H2,1-2H3,(H,21,24). The van der Waals surface area contributed by atoms with Gasteiger partial charge in [-0.05, 0) is 5.56 Å². The van der Waals surface area contributed by atoms with Gasteiger partial charge in [-0.2, -0.15) is 0 Å². The van der Waals surface area contributed by atoms with Crippen LogP contribution < -0.4 is 5.32 Å². The van der Waals surface area contributed by atoms with Crippen LogP contribution in [0.2, 0.25) is 0 Å². The first-order valence-electron chi connectivity index (χ1n) is 8.75. The van der Waals surface area contributed by atoms with E-state index in [1.54, 1.807) is 26.4 Å². The number of hydrogen-bond acceptors (Lipinski definition) is 6. The smallest absolute Gasteiger partial charge is 0.273 e. The second kappa shape index (κ2) is 11.4. The zero-order valence-electron chi connectivity index (χ0n) is 15.9. The van der Waals surface area contributed by atoms with Gasteiger partial charge < -0.3 is 24.1 Å². The Morgan fingerprint density at radius 1 is 1.21 bits per heavy atom. The summed E-state index contributed by atoms with van der Waals surface area (Å²) in [6.07, 6.45) is 1.26. The highest BCUT2D eigenvalue weighted by molar-refractivity contribution is 6.30. The van der Waals surface area contributed by atoms with Crippen LogP contribution in [0.3, 0.4) is 0 Å². The number of nitrogens with zero attached hydrogens (tertiary/aromatic N) is 2. The Labute approximate surface area is 168 Å². The first-order chi connectivity index (χ1) is 13.6. The van der Waals surface area contributed by atoms with E-state index in [0.29, 0.717) is 31.9 Å². The third-order valence-corrected chi connectivity index (χ3v) is 4.33. The average molecular weight is 410 g/mol. The Hall–Kier alpha value is -2.42. The van der Waals surface area contributed by atoms with Gasteiger partial charge in [-0.1, -0.05) is 30.3 Å². The Morgan fingerprint density at radius 2 is 1.93 bits per heavy atom. The molecule has 0 saturated heterocycles. The first-order valence-corrected chi connectivity index (χ1v) is 9.18.